The Kier molecular flexibility index (Phi) is 6.25. The molecule has 4 bridgehead atoms. The third-order valence-electron chi connectivity index (χ3n) is 16.3. The summed E-state index contributed by atoms with van der Waals surface area (Å²) < 4.78 is 6.41. The molecule has 2 nitrogen and oxygen atoms in total. The highest BCUT2D eigenvalue weighted by Crippen LogP contribution is 2.70. The molecule has 5 unspecified atom stereocenters. The molecule has 2 spiro atoms. The van der Waals surface area contributed by atoms with Gasteiger partial charge in [0.15, 0.2) is 0 Å². The number of hydrogen-bond acceptors (Lipinski definition) is 2. The Labute approximate surface area is 324 Å². The molecule has 55 heavy (non-hydrogen) atoms. The summed E-state index contributed by atoms with van der Waals surface area (Å²) >= 11 is 0. The van der Waals surface area contributed by atoms with Gasteiger partial charge >= 0.3 is 0 Å². The lowest BCUT2D eigenvalue weighted by atomic mass is 9.48. The van der Waals surface area contributed by atoms with Crippen molar-refractivity contribution in [2.75, 3.05) is 4.90 Å². The van der Waals surface area contributed by atoms with Crippen molar-refractivity contribution >= 4 is 39.0 Å². The van der Waals surface area contributed by atoms with Gasteiger partial charge in [0.05, 0.1) is 5.69 Å². The number of furan rings is 1. The van der Waals surface area contributed by atoms with Crippen LogP contribution in [0.4, 0.5) is 17.1 Å². The minimum absolute atomic E-state index is 0.0785. The van der Waals surface area contributed by atoms with Crippen LogP contribution in [0.25, 0.3) is 44.2 Å². The SMILES string of the molecule is C[C@H]1C2CCC3CC(C2)CC1C31c2ccccc2-c2c(N(c3ccc4c(c3)-c3ccccc3C43CCCC3)c3ccc4oc5ccccc5c4c3)cccc21. The van der Waals surface area contributed by atoms with E-state index in [0.717, 1.165) is 28.9 Å². The fourth-order valence-electron chi connectivity index (χ4n) is 14.3. The fraction of sp³-hybridized carbons (Fsp3) is 0.321. The average Bonchev–Trinajstić information content (AvgIpc) is 3.96. The molecule has 7 aliphatic rings. The van der Waals surface area contributed by atoms with Gasteiger partial charge in [0.1, 0.15) is 11.2 Å². The van der Waals surface area contributed by atoms with Gasteiger partial charge in [-0.3, -0.25) is 0 Å². The van der Waals surface area contributed by atoms with Gasteiger partial charge in [-0.05, 0) is 156 Å². The van der Waals surface area contributed by atoms with Gasteiger partial charge in [0.25, 0.3) is 0 Å². The molecule has 1 heterocycles. The van der Waals surface area contributed by atoms with Gasteiger partial charge in [-0.1, -0.05) is 105 Å². The van der Waals surface area contributed by atoms with E-state index in [1.54, 1.807) is 16.7 Å². The van der Waals surface area contributed by atoms with E-state index in [-0.39, 0.29) is 10.8 Å². The van der Waals surface area contributed by atoms with Gasteiger partial charge in [-0.2, -0.15) is 0 Å². The van der Waals surface area contributed by atoms with Crippen molar-refractivity contribution in [3.63, 3.8) is 0 Å². The minimum Gasteiger partial charge on any atom is -0.456 e. The first-order valence-electron chi connectivity index (χ1n) is 21.3. The van der Waals surface area contributed by atoms with Crippen LogP contribution in [0, 0.1) is 29.6 Å². The lowest BCUT2D eigenvalue weighted by molar-refractivity contribution is 0.0174. The molecular weight excluding hydrogens is 667 g/mol. The summed E-state index contributed by atoms with van der Waals surface area (Å²) in [5, 5.41) is 2.34. The molecule has 0 N–H and O–H groups in total. The van der Waals surface area contributed by atoms with Crippen molar-refractivity contribution in [2.45, 2.75) is 75.5 Å². The summed E-state index contributed by atoms with van der Waals surface area (Å²) in [5.41, 5.74) is 17.9. The van der Waals surface area contributed by atoms with E-state index in [9.17, 15) is 0 Å². The van der Waals surface area contributed by atoms with E-state index in [1.165, 1.54) is 113 Å². The largest absolute Gasteiger partial charge is 0.456 e. The zero-order valence-electron chi connectivity index (χ0n) is 31.7. The second kappa shape index (κ2) is 11.0. The molecule has 0 aliphatic heterocycles. The molecule has 2 heteroatoms. The normalized spacial score (nSPS) is 27.5. The van der Waals surface area contributed by atoms with Gasteiger partial charge in [0.2, 0.25) is 0 Å². The second-order valence-corrected chi connectivity index (χ2v) is 18.4. The Morgan fingerprint density at radius 1 is 0.582 bits per heavy atom. The predicted octanol–water partition coefficient (Wildman–Crippen LogP) is 14.3. The summed E-state index contributed by atoms with van der Waals surface area (Å²) in [5.74, 6) is 3.91. The van der Waals surface area contributed by atoms with Crippen molar-refractivity contribution in [1.82, 2.24) is 0 Å². The van der Waals surface area contributed by atoms with E-state index < -0.39 is 0 Å². The first-order chi connectivity index (χ1) is 27.1. The molecule has 5 fully saturated rings. The van der Waals surface area contributed by atoms with Crippen molar-refractivity contribution < 1.29 is 4.42 Å². The van der Waals surface area contributed by atoms with E-state index in [2.05, 4.69) is 139 Å². The van der Waals surface area contributed by atoms with E-state index in [0.29, 0.717) is 11.8 Å². The predicted molar refractivity (Wildman–Crippen MR) is 226 cm³/mol. The lowest BCUT2D eigenvalue weighted by Crippen LogP contribution is -2.51. The number of anilines is 3. The van der Waals surface area contributed by atoms with Crippen LogP contribution >= 0.6 is 0 Å². The van der Waals surface area contributed by atoms with E-state index >= 15 is 0 Å². The highest BCUT2D eigenvalue weighted by molar-refractivity contribution is 6.07. The molecule has 0 radical (unpaired) electrons. The van der Waals surface area contributed by atoms with Gasteiger partial charge < -0.3 is 9.32 Å². The number of rotatable bonds is 3. The number of nitrogens with zero attached hydrogens (tertiary/aromatic N) is 1. The quantitative estimate of drug-likeness (QED) is 0.181. The molecule has 7 aromatic rings. The molecule has 14 rings (SSSR count). The Hall–Kier alpha value is -5.08. The minimum atomic E-state index is 0.0785. The maximum absolute atomic E-state index is 6.41. The van der Waals surface area contributed by atoms with Crippen LogP contribution in [-0.2, 0) is 10.8 Å². The molecule has 5 saturated carbocycles. The first kappa shape index (κ1) is 31.2. The monoisotopic (exact) mass is 713 g/mol. The standard InChI is InChI=1S/C53H47NO/c1-32-34-19-20-35-28-33(27-34)29-47(32)53(35)45-15-6-3-13-40(45)51-46(53)16-10-17-48(51)54(37-22-24-50-42(31-37)39-12-4-7-18-49(39)55-50)36-21-23-44-41(30-36)38-11-2-5-14-43(38)52(44)25-8-9-26-52/h2-7,10-18,21-24,30-35,47H,8-9,19-20,25-29H2,1H3/t32-,33?,34?,35?,47?,53?/m0/s1. The molecular formula is C53H47NO. The van der Waals surface area contributed by atoms with E-state index in [4.69, 9.17) is 4.42 Å². The number of fused-ring (bicyclic) bond motifs is 12. The first-order valence-corrected chi connectivity index (χ1v) is 21.3. The molecule has 1 aromatic heterocycles. The Balaban J connectivity index is 1.08. The lowest BCUT2D eigenvalue weighted by Gasteiger charge is -2.55. The molecule has 6 atom stereocenters. The Bertz CT molecular complexity index is 2730. The topological polar surface area (TPSA) is 16.4 Å². The fourth-order valence-corrected chi connectivity index (χ4v) is 14.3. The summed E-state index contributed by atoms with van der Waals surface area (Å²) in [6.07, 6.45) is 12.1. The second-order valence-electron chi connectivity index (χ2n) is 18.4. The Morgan fingerprint density at radius 2 is 1.31 bits per heavy atom. The van der Waals surface area contributed by atoms with Gasteiger partial charge in [-0.25, -0.2) is 0 Å². The summed E-state index contributed by atoms with van der Waals surface area (Å²) in [6.45, 7) is 2.63. The molecule has 270 valence electrons. The molecule has 0 saturated heterocycles. The number of para-hydroxylation sites is 1. The highest BCUT2D eigenvalue weighted by atomic mass is 16.3. The molecule has 6 aromatic carbocycles. The van der Waals surface area contributed by atoms with Gasteiger partial charge in [-0.15, -0.1) is 0 Å². The van der Waals surface area contributed by atoms with Gasteiger partial charge in [0, 0.05) is 38.5 Å². The Morgan fingerprint density at radius 3 is 2.22 bits per heavy atom. The van der Waals surface area contributed by atoms with Crippen LogP contribution in [0.3, 0.4) is 0 Å². The van der Waals surface area contributed by atoms with Crippen molar-refractivity contribution in [2.24, 2.45) is 29.6 Å². The van der Waals surface area contributed by atoms with Crippen LogP contribution in [-0.4, -0.2) is 0 Å². The third kappa shape index (κ3) is 3.91. The number of benzene rings is 6. The van der Waals surface area contributed by atoms with Crippen LogP contribution in [0.1, 0.15) is 87.0 Å². The smallest absolute Gasteiger partial charge is 0.135 e. The third-order valence-corrected chi connectivity index (χ3v) is 16.3. The maximum Gasteiger partial charge on any atom is 0.135 e. The van der Waals surface area contributed by atoms with Crippen molar-refractivity contribution in [3.8, 4) is 22.3 Å². The van der Waals surface area contributed by atoms with E-state index in [1.807, 2.05) is 0 Å². The summed E-state index contributed by atoms with van der Waals surface area (Å²) in [4.78, 5) is 2.62. The van der Waals surface area contributed by atoms with Crippen molar-refractivity contribution in [1.29, 1.82) is 0 Å². The van der Waals surface area contributed by atoms with Crippen LogP contribution < -0.4 is 4.90 Å². The number of hydrogen-bond donors (Lipinski definition) is 0. The van der Waals surface area contributed by atoms with Crippen LogP contribution in [0.2, 0.25) is 0 Å². The maximum atomic E-state index is 6.41. The average molecular weight is 714 g/mol. The summed E-state index contributed by atoms with van der Waals surface area (Å²) in [6, 6.07) is 49.3. The van der Waals surface area contributed by atoms with Crippen LogP contribution in [0.5, 0.6) is 0 Å². The summed E-state index contributed by atoms with van der Waals surface area (Å²) in [7, 11) is 0. The molecule has 7 aliphatic carbocycles. The van der Waals surface area contributed by atoms with Crippen molar-refractivity contribution in [3.05, 3.63) is 150 Å². The highest BCUT2D eigenvalue weighted by Gasteiger charge is 2.62. The zero-order valence-corrected chi connectivity index (χ0v) is 31.7. The van der Waals surface area contributed by atoms with Crippen LogP contribution in [0.15, 0.2) is 132 Å². The zero-order chi connectivity index (χ0) is 36.0. The molecule has 0 amide bonds.